The molecule has 1 heterocycles. The molecule has 0 unspecified atom stereocenters. The monoisotopic (exact) mass is 249 g/mol. The van der Waals surface area contributed by atoms with E-state index >= 15 is 0 Å². The van der Waals surface area contributed by atoms with Crippen LogP contribution in [0, 0.1) is 19.8 Å². The molecule has 0 spiro atoms. The lowest BCUT2D eigenvalue weighted by Crippen LogP contribution is -2.20. The molecule has 102 valence electrons. The van der Waals surface area contributed by atoms with Gasteiger partial charge in [0.05, 0.1) is 11.7 Å². The molecule has 0 aromatic carbocycles. The lowest BCUT2D eigenvalue weighted by atomic mass is 9.84. The second-order valence-corrected chi connectivity index (χ2v) is 5.71. The van der Waals surface area contributed by atoms with Crippen molar-refractivity contribution in [3.05, 3.63) is 17.0 Å². The average Bonchev–Trinajstić information content (AvgIpc) is 2.67. The topological polar surface area (TPSA) is 29.9 Å². The van der Waals surface area contributed by atoms with E-state index in [9.17, 15) is 0 Å². The third-order valence-corrected chi connectivity index (χ3v) is 4.57. The van der Waals surface area contributed by atoms with Gasteiger partial charge in [0.1, 0.15) is 0 Å². The fourth-order valence-electron chi connectivity index (χ4n) is 3.28. The van der Waals surface area contributed by atoms with Crippen molar-refractivity contribution in [2.75, 3.05) is 7.05 Å². The molecule has 3 nitrogen and oxygen atoms in total. The molecule has 1 aromatic heterocycles. The Balaban J connectivity index is 2.12. The van der Waals surface area contributed by atoms with Crippen LogP contribution < -0.4 is 5.32 Å². The zero-order chi connectivity index (χ0) is 13.1. The molecular weight excluding hydrogens is 222 g/mol. The van der Waals surface area contributed by atoms with Crippen LogP contribution in [-0.4, -0.2) is 16.8 Å². The second kappa shape index (κ2) is 5.87. The van der Waals surface area contributed by atoms with Crippen molar-refractivity contribution in [2.45, 2.75) is 65.5 Å². The number of aryl methyl sites for hydroxylation is 1. The van der Waals surface area contributed by atoms with Gasteiger partial charge in [-0.15, -0.1) is 0 Å². The van der Waals surface area contributed by atoms with Gasteiger partial charge in [0.15, 0.2) is 0 Å². The van der Waals surface area contributed by atoms with Crippen LogP contribution in [0.1, 0.15) is 62.0 Å². The fourth-order valence-corrected chi connectivity index (χ4v) is 3.28. The van der Waals surface area contributed by atoms with Crippen molar-refractivity contribution in [2.24, 2.45) is 5.92 Å². The smallest absolute Gasteiger partial charge is 0.0641 e. The minimum Gasteiger partial charge on any atom is -0.316 e. The summed E-state index contributed by atoms with van der Waals surface area (Å²) in [6.45, 7) is 7.60. The van der Waals surface area contributed by atoms with Gasteiger partial charge in [-0.25, -0.2) is 0 Å². The largest absolute Gasteiger partial charge is 0.316 e. The minimum absolute atomic E-state index is 0.636. The van der Waals surface area contributed by atoms with Crippen molar-refractivity contribution in [3.63, 3.8) is 0 Å². The van der Waals surface area contributed by atoms with E-state index in [-0.39, 0.29) is 0 Å². The van der Waals surface area contributed by atoms with Crippen molar-refractivity contribution >= 4 is 0 Å². The van der Waals surface area contributed by atoms with Crippen molar-refractivity contribution in [1.29, 1.82) is 0 Å². The molecule has 1 saturated carbocycles. The summed E-state index contributed by atoms with van der Waals surface area (Å²) in [6.07, 6.45) is 6.70. The van der Waals surface area contributed by atoms with E-state index in [0.717, 1.165) is 12.5 Å². The van der Waals surface area contributed by atoms with Crippen molar-refractivity contribution < 1.29 is 0 Å². The van der Waals surface area contributed by atoms with E-state index in [2.05, 4.69) is 30.8 Å². The Labute approximate surface area is 111 Å². The Bertz CT molecular complexity index is 387. The van der Waals surface area contributed by atoms with E-state index in [0.29, 0.717) is 6.04 Å². The minimum atomic E-state index is 0.636. The molecule has 18 heavy (non-hydrogen) atoms. The van der Waals surface area contributed by atoms with Crippen LogP contribution in [0.25, 0.3) is 0 Å². The zero-order valence-electron chi connectivity index (χ0n) is 12.3. The highest BCUT2D eigenvalue weighted by Gasteiger charge is 2.24. The van der Waals surface area contributed by atoms with E-state index < -0.39 is 0 Å². The third kappa shape index (κ3) is 2.61. The predicted molar refractivity (Wildman–Crippen MR) is 75.8 cm³/mol. The molecule has 3 heteroatoms. The number of hydrogen-bond donors (Lipinski definition) is 1. The summed E-state index contributed by atoms with van der Waals surface area (Å²) in [5.41, 5.74) is 3.94. The molecule has 0 aliphatic heterocycles. The fraction of sp³-hybridized carbons (Fsp3) is 0.800. The van der Waals surface area contributed by atoms with Gasteiger partial charge in [-0.2, -0.15) is 5.10 Å². The maximum Gasteiger partial charge on any atom is 0.0641 e. The third-order valence-electron chi connectivity index (χ3n) is 4.57. The maximum absolute atomic E-state index is 4.78. The Hall–Kier alpha value is -0.830. The van der Waals surface area contributed by atoms with Gasteiger partial charge in [-0.1, -0.05) is 13.3 Å². The van der Waals surface area contributed by atoms with Crippen LogP contribution in [0.5, 0.6) is 0 Å². The first kappa shape index (κ1) is 13.6. The molecule has 0 radical (unpaired) electrons. The van der Waals surface area contributed by atoms with Crippen LogP contribution >= 0.6 is 0 Å². The Morgan fingerprint density at radius 1 is 1.22 bits per heavy atom. The molecule has 0 bridgehead atoms. The summed E-state index contributed by atoms with van der Waals surface area (Å²) in [4.78, 5) is 0. The Kier molecular flexibility index (Phi) is 4.44. The molecular formula is C15H27N3. The first-order chi connectivity index (χ1) is 8.67. The van der Waals surface area contributed by atoms with Crippen molar-refractivity contribution in [1.82, 2.24) is 15.1 Å². The predicted octanol–water partition coefficient (Wildman–Crippen LogP) is 3.36. The van der Waals surface area contributed by atoms with Gasteiger partial charge in [-0.3, -0.25) is 4.68 Å². The van der Waals surface area contributed by atoms with Gasteiger partial charge in [0, 0.05) is 17.8 Å². The summed E-state index contributed by atoms with van der Waals surface area (Å²) in [5, 5.41) is 8.02. The molecule has 1 aliphatic carbocycles. The zero-order valence-corrected chi connectivity index (χ0v) is 12.3. The number of rotatable bonds is 4. The van der Waals surface area contributed by atoms with Crippen LogP contribution in [0.15, 0.2) is 0 Å². The van der Waals surface area contributed by atoms with Crippen LogP contribution in [-0.2, 0) is 6.54 Å². The first-order valence-corrected chi connectivity index (χ1v) is 7.36. The van der Waals surface area contributed by atoms with Gasteiger partial charge in [-0.05, 0) is 52.5 Å². The maximum atomic E-state index is 4.78. The molecule has 1 aliphatic rings. The second-order valence-electron chi connectivity index (χ2n) is 5.71. The van der Waals surface area contributed by atoms with Gasteiger partial charge >= 0.3 is 0 Å². The van der Waals surface area contributed by atoms with Crippen LogP contribution in [0.3, 0.4) is 0 Å². The summed E-state index contributed by atoms with van der Waals surface area (Å²) < 4.78 is 2.30. The van der Waals surface area contributed by atoms with Crippen molar-refractivity contribution in [3.8, 4) is 0 Å². The summed E-state index contributed by atoms with van der Waals surface area (Å²) in [6, 6.07) is 0.636. The summed E-state index contributed by atoms with van der Waals surface area (Å²) >= 11 is 0. The number of nitrogens with one attached hydrogen (secondary N) is 1. The first-order valence-electron chi connectivity index (χ1n) is 7.36. The van der Waals surface area contributed by atoms with Gasteiger partial charge in [0.25, 0.3) is 0 Å². The van der Waals surface area contributed by atoms with E-state index in [4.69, 9.17) is 5.10 Å². The highest BCUT2D eigenvalue weighted by molar-refractivity contribution is 5.24. The van der Waals surface area contributed by atoms with E-state index in [1.807, 2.05) is 7.05 Å². The van der Waals surface area contributed by atoms with Gasteiger partial charge < -0.3 is 5.32 Å². The van der Waals surface area contributed by atoms with Crippen LogP contribution in [0.4, 0.5) is 0 Å². The normalized spacial score (nSPS) is 24.4. The molecule has 1 fully saturated rings. The van der Waals surface area contributed by atoms with Gasteiger partial charge in [0.2, 0.25) is 0 Å². The summed E-state index contributed by atoms with van der Waals surface area (Å²) in [5.74, 6) is 0.954. The lowest BCUT2D eigenvalue weighted by Gasteiger charge is -2.28. The highest BCUT2D eigenvalue weighted by atomic mass is 15.3. The molecule has 0 amide bonds. The van der Waals surface area contributed by atoms with E-state index in [1.54, 1.807) is 0 Å². The highest BCUT2D eigenvalue weighted by Crippen LogP contribution is 2.34. The SMILES string of the molecule is CCC1CCC(n2nc(C)c(CNC)c2C)CC1. The quantitative estimate of drug-likeness (QED) is 0.886. The molecule has 1 N–H and O–H groups in total. The lowest BCUT2D eigenvalue weighted by molar-refractivity contribution is 0.253. The number of nitrogens with zero attached hydrogens (tertiary/aromatic N) is 2. The number of hydrogen-bond acceptors (Lipinski definition) is 2. The summed E-state index contributed by atoms with van der Waals surface area (Å²) in [7, 11) is 2.00. The molecule has 1 aromatic rings. The molecule has 2 rings (SSSR count). The molecule has 0 saturated heterocycles. The average molecular weight is 249 g/mol. The van der Waals surface area contributed by atoms with E-state index in [1.165, 1.54) is 49.1 Å². The molecule has 0 atom stereocenters. The van der Waals surface area contributed by atoms with Crippen LogP contribution in [0.2, 0.25) is 0 Å². The number of aromatic nitrogens is 2. The Morgan fingerprint density at radius 3 is 2.44 bits per heavy atom. The standard InChI is InChI=1S/C15H27N3/c1-5-13-6-8-14(9-7-13)18-12(3)15(10-16-4)11(2)17-18/h13-14,16H,5-10H2,1-4H3. The Morgan fingerprint density at radius 2 is 1.89 bits per heavy atom.